The van der Waals surface area contributed by atoms with E-state index < -0.39 is 67.5 Å². The van der Waals surface area contributed by atoms with Crippen LogP contribution in [0.5, 0.6) is 0 Å². The van der Waals surface area contributed by atoms with Gasteiger partial charge in [-0.15, -0.1) is 0 Å². The summed E-state index contributed by atoms with van der Waals surface area (Å²) in [6, 6.07) is 57.4. The van der Waals surface area contributed by atoms with Gasteiger partial charge in [0.05, 0.1) is 58.6 Å². The molecule has 8 atom stereocenters. The summed E-state index contributed by atoms with van der Waals surface area (Å²) in [7, 11) is 0. The first-order valence-corrected chi connectivity index (χ1v) is 47.4. The molecule has 136 heavy (non-hydrogen) atoms. The smallest absolute Gasteiger partial charge is 0.242 e. The first kappa shape index (κ1) is 129. The molecule has 0 saturated carbocycles. The van der Waals surface area contributed by atoms with Crippen molar-refractivity contribution in [3.63, 3.8) is 0 Å². The molecule has 0 aliphatic heterocycles. The Kier molecular flexibility index (Phi) is 54.0. The van der Waals surface area contributed by atoms with E-state index in [9.17, 15) is 41.2 Å². The molecule has 0 amide bonds. The maximum atomic E-state index is 11.5. The number of benzene rings is 4. The lowest BCUT2D eigenvalue weighted by molar-refractivity contribution is -0.410. The number of carbonyl (C=O) groups is 2. The summed E-state index contributed by atoms with van der Waals surface area (Å²) in [6.45, 7) is 81.4. The molecule has 0 N–H and O–H groups in total. The van der Waals surface area contributed by atoms with Crippen LogP contribution in [0.1, 0.15) is 373 Å². The topological polar surface area (TPSA) is 433 Å². The predicted molar refractivity (Wildman–Crippen MR) is 541 cm³/mol. The molecule has 0 aliphatic carbocycles. The number of nitriles is 10. The van der Waals surface area contributed by atoms with Crippen molar-refractivity contribution in [2.45, 2.75) is 408 Å². The zero-order valence-corrected chi connectivity index (χ0v) is 90.6. The zero-order valence-electron chi connectivity index (χ0n) is 90.6. The molecular weight excluding hydrogens is 1700 g/mol. The summed E-state index contributed by atoms with van der Waals surface area (Å²) >= 11 is 0. The van der Waals surface area contributed by atoms with E-state index in [1.807, 2.05) is 182 Å². The third-order valence-electron chi connectivity index (χ3n) is 21.7. The van der Waals surface area contributed by atoms with Crippen molar-refractivity contribution in [1.29, 1.82) is 52.6 Å². The van der Waals surface area contributed by atoms with Gasteiger partial charge in [-0.25, -0.2) is 29.1 Å². The van der Waals surface area contributed by atoms with Gasteiger partial charge in [0, 0.05) is 12.8 Å². The van der Waals surface area contributed by atoms with Gasteiger partial charge in [0.2, 0.25) is 0 Å². The van der Waals surface area contributed by atoms with E-state index in [1.165, 1.54) is 12.8 Å². The fourth-order valence-electron chi connectivity index (χ4n) is 13.2. The van der Waals surface area contributed by atoms with E-state index in [4.69, 9.17) is 30.8 Å². The normalized spacial score (nSPS) is 15.4. The molecule has 4 aromatic carbocycles. The first-order chi connectivity index (χ1) is 62.0. The van der Waals surface area contributed by atoms with E-state index in [0.717, 1.165) is 24.0 Å². The summed E-state index contributed by atoms with van der Waals surface area (Å²) in [5.41, 5.74) is -6.03. The average Bonchev–Trinajstić information content (AvgIpc) is 0.824. The molecule has 0 saturated heterocycles. The predicted octanol–water partition coefficient (Wildman–Crippen LogP) is 30.7. The van der Waals surface area contributed by atoms with Gasteiger partial charge in [-0.05, 0) is 253 Å². The van der Waals surface area contributed by atoms with Crippen LogP contribution in [0.4, 0.5) is 0 Å². The fourth-order valence-corrected chi connectivity index (χ4v) is 13.2. The number of hydrogen-bond donors (Lipinski definition) is 0. The van der Waals surface area contributed by atoms with Crippen LogP contribution in [-0.2, 0) is 30.8 Å². The van der Waals surface area contributed by atoms with E-state index in [2.05, 4.69) is 236 Å². The van der Waals surface area contributed by atoms with E-state index in [1.54, 1.807) is 102 Å². The lowest BCUT2D eigenvalue weighted by Crippen LogP contribution is -2.36. The molecule has 4 rings (SSSR count). The summed E-state index contributed by atoms with van der Waals surface area (Å²) in [6.07, 6.45) is 7.48. The van der Waals surface area contributed by atoms with Crippen molar-refractivity contribution in [3.05, 3.63) is 144 Å². The molecule has 26 heteroatoms. The maximum Gasteiger partial charge on any atom is 0.386 e. The van der Waals surface area contributed by atoms with Gasteiger partial charge >= 0.3 is 11.9 Å². The van der Waals surface area contributed by atoms with E-state index in [0.29, 0.717) is 71.3 Å². The minimum atomic E-state index is -1.63. The van der Waals surface area contributed by atoms with Gasteiger partial charge in [-0.3, -0.25) is 0 Å². The van der Waals surface area contributed by atoms with E-state index >= 15 is 0 Å². The Hall–Kier alpha value is -11.4. The molecule has 0 fully saturated rings. The van der Waals surface area contributed by atoms with Gasteiger partial charge < -0.3 is 0 Å². The van der Waals surface area contributed by atoms with Crippen molar-refractivity contribution in [1.82, 2.24) is 0 Å². The highest BCUT2D eigenvalue weighted by Crippen LogP contribution is 2.39. The lowest BCUT2D eigenvalue weighted by Gasteiger charge is -2.31. The average molecular weight is 1870 g/mol. The molecule has 4 aromatic rings. The highest BCUT2D eigenvalue weighted by molar-refractivity contribution is 5.92. The Morgan fingerprint density at radius 1 is 0.272 bits per heavy atom. The molecule has 744 valence electrons. The van der Waals surface area contributed by atoms with Crippen LogP contribution in [0, 0.1) is 182 Å². The van der Waals surface area contributed by atoms with Crippen LogP contribution in [0.2, 0.25) is 0 Å². The minimum Gasteiger partial charge on any atom is -0.242 e. The van der Waals surface area contributed by atoms with Crippen LogP contribution in [-0.4, -0.2) is 67.3 Å². The molecule has 0 bridgehead atoms. The first-order valence-electron chi connectivity index (χ1n) is 47.4. The highest BCUT2D eigenvalue weighted by Gasteiger charge is 2.41. The van der Waals surface area contributed by atoms with Gasteiger partial charge in [0.1, 0.15) is 35.5 Å². The van der Waals surface area contributed by atoms with Gasteiger partial charge in [0.15, 0.2) is 33.2 Å². The highest BCUT2D eigenvalue weighted by atomic mass is 17.2. The second-order valence-electron chi connectivity index (χ2n) is 46.3. The number of carbonyl (C=O) groups excluding carboxylic acids is 2. The van der Waals surface area contributed by atoms with Gasteiger partial charge in [0.25, 0.3) is 11.1 Å². The molecule has 0 heterocycles. The SMILES string of the molecule is CC(C)(C)CC(C)(C#N)N=NC(C)(C#N)CC(C)(C)C.CC(C)(C)CCC(C)(C)N=NC(C)(C)CCC(C)(C)C.CC(C)(OOC(C)(C)c1ccccc1)c1ccccc1.CC(C)C(C)C(C)(C#N)N=NC(C)(C#N)C(C)C(C)C.CC(C)CC(C#N)(C#N)N=NC(C#N)(C#N)CC(C)C.CC(C)CC(C)(C#N)N=NC(C)(C#N)CC(C)C.O=C(OOC(=O)c1ccccc1)c1ccccc1. The Balaban J connectivity index is -0.00000152. The molecule has 0 spiro atoms. The Morgan fingerprint density at radius 2 is 0.507 bits per heavy atom. The summed E-state index contributed by atoms with van der Waals surface area (Å²) < 4.78 is 0. The van der Waals surface area contributed by atoms with E-state index in [-0.39, 0.29) is 58.4 Å². The fraction of sp³-hybridized carbons (Fsp3) is 0.673. The van der Waals surface area contributed by atoms with Crippen LogP contribution in [0.3, 0.4) is 0 Å². The number of rotatable bonds is 35. The molecule has 0 aromatic heterocycles. The Morgan fingerprint density at radius 3 is 0.706 bits per heavy atom. The molecule has 0 radical (unpaired) electrons. The van der Waals surface area contributed by atoms with Crippen LogP contribution in [0.25, 0.3) is 0 Å². The maximum absolute atomic E-state index is 11.5. The monoisotopic (exact) mass is 1870 g/mol. The van der Waals surface area contributed by atoms with Gasteiger partial charge in [-0.2, -0.15) is 104 Å². The van der Waals surface area contributed by atoms with Gasteiger partial charge in [-0.1, -0.05) is 277 Å². The summed E-state index contributed by atoms with van der Waals surface area (Å²) in [5.74, 6) is 0.263. The zero-order chi connectivity index (χ0) is 106. The second-order valence-corrected chi connectivity index (χ2v) is 46.3. The largest absolute Gasteiger partial charge is 0.386 e. The van der Waals surface area contributed by atoms with Crippen molar-refractivity contribution in [2.24, 2.45) is 120 Å². The quantitative estimate of drug-likeness (QED) is 0.0234. The lowest BCUT2D eigenvalue weighted by atomic mass is 9.80. The van der Waals surface area contributed by atoms with Crippen molar-refractivity contribution >= 4 is 11.9 Å². The number of azo groups is 5. The Labute approximate surface area is 821 Å². The van der Waals surface area contributed by atoms with Crippen molar-refractivity contribution < 1.29 is 29.1 Å². The molecular formula is C110H168N20O6. The molecule has 8 unspecified atom stereocenters. The Bertz CT molecular complexity index is 4530. The molecule has 0 aliphatic rings. The second kappa shape index (κ2) is 57.0. The van der Waals surface area contributed by atoms with Crippen LogP contribution >= 0.6 is 0 Å². The van der Waals surface area contributed by atoms with Crippen LogP contribution in [0.15, 0.2) is 172 Å². The third-order valence-corrected chi connectivity index (χ3v) is 21.7. The van der Waals surface area contributed by atoms with Crippen molar-refractivity contribution in [3.8, 4) is 60.7 Å². The standard InChI is InChI=1S/C18H38N2.C18H22O2.2C16H28N4.C14H18N6.C14H24N4.C14H10O4/c1-15(2,3)11-13-17(7,8)19-20-18(9,10)14-12-16(4,5)6;1-17(2,15-11-7-5-8-12-15)19-20-18(3,4)16-13-9-6-10-14-16;1-13(2,3)9-15(7,11-17)19-20-16(8,12-18)10-14(4,5)6;1-11(2)13(5)15(7,9-17)19-20-16(8,10-18)14(6)12(3)4;1-11(2)5-13(7-15,8-16)19-20-14(9-17,10-18)6-12(3)4;1-11(2)7-13(5,9-15)17-18-14(6,10-16)8-12(3)4;15-13(11-7-3-1-4-8-11)17-18-14(16)12-9-5-2-6-10-12/h11-14H2,1-10H3;5-14H,1-4H3;9-10H2,1-8H3;11-14H,1-8H3;11-12H,5-6H2,1-4H3;11-12H,7-8H2,1-6H3;1-10H. The third kappa shape index (κ3) is 53.8. The van der Waals surface area contributed by atoms with Crippen LogP contribution < -0.4 is 0 Å². The summed E-state index contributed by atoms with van der Waals surface area (Å²) in [4.78, 5) is 43.3. The molecule has 26 nitrogen and oxygen atoms in total. The summed E-state index contributed by atoms with van der Waals surface area (Å²) in [5, 5.41) is 135. The van der Waals surface area contributed by atoms with Crippen molar-refractivity contribution in [2.75, 3.05) is 0 Å². The number of hydrogen-bond acceptors (Lipinski definition) is 26. The minimum absolute atomic E-state index is 0.0173. The number of nitrogens with zero attached hydrogens (tertiary/aromatic N) is 20.